The quantitative estimate of drug-likeness (QED) is 0.540. The lowest BCUT2D eigenvalue weighted by Crippen LogP contribution is -2.42. The summed E-state index contributed by atoms with van der Waals surface area (Å²) in [6.45, 7) is 12.1. The maximum Gasteiger partial charge on any atom is 0.191 e. The van der Waals surface area contributed by atoms with Crippen LogP contribution in [0, 0.1) is 5.92 Å². The Hall–Kier alpha value is -0.193. The third kappa shape index (κ3) is 4.01. The zero-order valence-corrected chi connectivity index (χ0v) is 16.4. The number of fused-ring (bicyclic) bond motifs is 2. The van der Waals surface area contributed by atoms with Crippen LogP contribution in [0.25, 0.3) is 0 Å². The molecule has 22 heavy (non-hydrogen) atoms. The van der Waals surface area contributed by atoms with Crippen LogP contribution in [0.3, 0.4) is 0 Å². The van der Waals surface area contributed by atoms with Crippen LogP contribution in [-0.2, 0) is 9.22 Å². The van der Waals surface area contributed by atoms with Gasteiger partial charge in [0, 0.05) is 31.0 Å². The highest BCUT2D eigenvalue weighted by atomic mass is 28.4. The Morgan fingerprint density at radius 3 is 2.23 bits per heavy atom. The normalized spacial score (nSPS) is 29.8. The second-order valence-electron chi connectivity index (χ2n) is 8.90. The fourth-order valence-corrected chi connectivity index (χ4v) is 4.76. The molecule has 2 rings (SSSR count). The zero-order chi connectivity index (χ0) is 16.5. The number of rotatable bonds is 6. The van der Waals surface area contributed by atoms with E-state index in [4.69, 9.17) is 4.43 Å². The summed E-state index contributed by atoms with van der Waals surface area (Å²) in [5.41, 5.74) is 0. The standard InChI is InChI=1S/C18H35NO2Si/c1-18(2,3)22(5,6)21-11-7-8-17(20)14-12-15-9-10-16(13-14)19(15)4/h14-16H,7-13H2,1-6H3. The predicted molar refractivity (Wildman–Crippen MR) is 94.7 cm³/mol. The lowest BCUT2D eigenvalue weighted by molar-refractivity contribution is -0.125. The van der Waals surface area contributed by atoms with Crippen molar-refractivity contribution in [2.24, 2.45) is 5.92 Å². The number of hydrogen-bond acceptors (Lipinski definition) is 3. The van der Waals surface area contributed by atoms with Crippen molar-refractivity contribution in [3.63, 3.8) is 0 Å². The Kier molecular flexibility index (Phi) is 5.56. The lowest BCUT2D eigenvalue weighted by atomic mass is 9.86. The number of hydrogen-bond donors (Lipinski definition) is 0. The first kappa shape index (κ1) is 18.1. The minimum Gasteiger partial charge on any atom is -0.417 e. The van der Waals surface area contributed by atoms with Gasteiger partial charge in [-0.05, 0) is 57.3 Å². The number of ketones is 1. The molecule has 0 saturated carbocycles. The van der Waals surface area contributed by atoms with E-state index in [-0.39, 0.29) is 5.04 Å². The summed E-state index contributed by atoms with van der Waals surface area (Å²) in [6.07, 6.45) is 6.37. The molecule has 0 radical (unpaired) electrons. The van der Waals surface area contributed by atoms with E-state index in [2.05, 4.69) is 45.8 Å². The molecule has 0 aromatic carbocycles. The molecule has 2 aliphatic rings. The number of carbonyl (C=O) groups excluding carboxylic acids is 1. The first-order chi connectivity index (χ1) is 10.1. The second-order valence-corrected chi connectivity index (χ2v) is 13.7. The van der Waals surface area contributed by atoms with Gasteiger partial charge < -0.3 is 9.33 Å². The van der Waals surface area contributed by atoms with E-state index in [1.165, 1.54) is 12.8 Å². The van der Waals surface area contributed by atoms with Crippen molar-refractivity contribution in [3.05, 3.63) is 0 Å². The number of Topliss-reactive ketones (excluding diaryl/α,β-unsaturated/α-hetero) is 1. The summed E-state index contributed by atoms with van der Waals surface area (Å²) < 4.78 is 6.18. The molecule has 0 aliphatic carbocycles. The summed E-state index contributed by atoms with van der Waals surface area (Å²) in [5.74, 6) is 0.811. The topological polar surface area (TPSA) is 29.5 Å². The zero-order valence-electron chi connectivity index (χ0n) is 15.4. The lowest BCUT2D eigenvalue weighted by Gasteiger charge is -2.36. The average Bonchev–Trinajstić information content (AvgIpc) is 2.64. The van der Waals surface area contributed by atoms with Crippen molar-refractivity contribution < 1.29 is 9.22 Å². The summed E-state index contributed by atoms with van der Waals surface area (Å²) in [6, 6.07) is 1.33. The van der Waals surface area contributed by atoms with Gasteiger partial charge in [0.1, 0.15) is 5.78 Å². The number of piperidine rings is 1. The Bertz CT molecular complexity index is 388. The molecule has 2 aliphatic heterocycles. The van der Waals surface area contributed by atoms with Crippen molar-refractivity contribution in [1.29, 1.82) is 0 Å². The van der Waals surface area contributed by atoms with Gasteiger partial charge in [0.15, 0.2) is 8.32 Å². The van der Waals surface area contributed by atoms with E-state index in [1.54, 1.807) is 0 Å². The van der Waals surface area contributed by atoms with Gasteiger partial charge in [0.25, 0.3) is 0 Å². The molecule has 2 fully saturated rings. The van der Waals surface area contributed by atoms with Crippen LogP contribution in [0.15, 0.2) is 0 Å². The van der Waals surface area contributed by atoms with Crippen LogP contribution in [0.1, 0.15) is 59.3 Å². The predicted octanol–water partition coefficient (Wildman–Crippen LogP) is 4.23. The molecular weight excluding hydrogens is 290 g/mol. The molecule has 2 bridgehead atoms. The molecule has 2 saturated heterocycles. The number of nitrogens with zero attached hydrogens (tertiary/aromatic N) is 1. The van der Waals surface area contributed by atoms with Crippen LogP contribution in [0.2, 0.25) is 18.1 Å². The van der Waals surface area contributed by atoms with Gasteiger partial charge in [0.2, 0.25) is 0 Å². The van der Waals surface area contributed by atoms with E-state index in [0.717, 1.165) is 25.9 Å². The average molecular weight is 326 g/mol. The van der Waals surface area contributed by atoms with Gasteiger partial charge in [-0.1, -0.05) is 20.8 Å². The Morgan fingerprint density at radius 2 is 1.73 bits per heavy atom. The van der Waals surface area contributed by atoms with Gasteiger partial charge >= 0.3 is 0 Å². The van der Waals surface area contributed by atoms with E-state index in [1.807, 2.05) is 0 Å². The molecule has 4 heteroatoms. The maximum absolute atomic E-state index is 12.5. The van der Waals surface area contributed by atoms with Crippen LogP contribution >= 0.6 is 0 Å². The SMILES string of the molecule is CN1C2CCC1CC(C(=O)CCCO[Si](C)(C)C(C)(C)C)C2. The van der Waals surface area contributed by atoms with Crippen LogP contribution in [-0.4, -0.2) is 44.7 Å². The summed E-state index contributed by atoms with van der Waals surface area (Å²) in [4.78, 5) is 15.0. The molecule has 2 atom stereocenters. The first-order valence-electron chi connectivity index (χ1n) is 9.00. The molecule has 2 unspecified atom stereocenters. The highest BCUT2D eigenvalue weighted by Gasteiger charge is 2.40. The summed E-state index contributed by atoms with van der Waals surface area (Å²) in [7, 11) is 0.577. The summed E-state index contributed by atoms with van der Waals surface area (Å²) in [5, 5.41) is 0.254. The van der Waals surface area contributed by atoms with Crippen LogP contribution in [0.5, 0.6) is 0 Å². The van der Waals surface area contributed by atoms with E-state index in [0.29, 0.717) is 30.2 Å². The van der Waals surface area contributed by atoms with Gasteiger partial charge in [-0.25, -0.2) is 0 Å². The van der Waals surface area contributed by atoms with E-state index >= 15 is 0 Å². The minimum atomic E-state index is -1.66. The van der Waals surface area contributed by atoms with Gasteiger partial charge in [0.05, 0.1) is 0 Å². The highest BCUT2D eigenvalue weighted by Crippen LogP contribution is 2.38. The smallest absolute Gasteiger partial charge is 0.191 e. The Labute approximate surface area is 137 Å². The molecule has 0 amide bonds. The third-order valence-electron chi connectivity index (χ3n) is 6.39. The molecule has 128 valence electrons. The molecular formula is C18H35NO2Si. The monoisotopic (exact) mass is 325 g/mol. The molecule has 0 aromatic rings. The van der Waals surface area contributed by atoms with Crippen LogP contribution < -0.4 is 0 Å². The van der Waals surface area contributed by atoms with Gasteiger partial charge in [-0.3, -0.25) is 4.79 Å². The summed E-state index contributed by atoms with van der Waals surface area (Å²) >= 11 is 0. The molecule has 3 nitrogen and oxygen atoms in total. The largest absolute Gasteiger partial charge is 0.417 e. The first-order valence-corrected chi connectivity index (χ1v) is 11.9. The van der Waals surface area contributed by atoms with Gasteiger partial charge in [-0.15, -0.1) is 0 Å². The van der Waals surface area contributed by atoms with Crippen molar-refractivity contribution in [1.82, 2.24) is 4.90 Å². The third-order valence-corrected chi connectivity index (χ3v) is 10.9. The van der Waals surface area contributed by atoms with E-state index < -0.39 is 8.32 Å². The van der Waals surface area contributed by atoms with Crippen molar-refractivity contribution >= 4 is 14.1 Å². The van der Waals surface area contributed by atoms with Gasteiger partial charge in [-0.2, -0.15) is 0 Å². The molecule has 0 spiro atoms. The molecule has 2 heterocycles. The van der Waals surface area contributed by atoms with Crippen molar-refractivity contribution in [2.75, 3.05) is 13.7 Å². The van der Waals surface area contributed by atoms with E-state index in [9.17, 15) is 4.79 Å². The fourth-order valence-electron chi connectivity index (χ4n) is 3.67. The van der Waals surface area contributed by atoms with Crippen LogP contribution in [0.4, 0.5) is 0 Å². The fraction of sp³-hybridized carbons (Fsp3) is 0.944. The molecule has 0 N–H and O–H groups in total. The molecule has 0 aromatic heterocycles. The number of carbonyl (C=O) groups is 1. The maximum atomic E-state index is 12.5. The Morgan fingerprint density at radius 1 is 1.18 bits per heavy atom. The highest BCUT2D eigenvalue weighted by molar-refractivity contribution is 6.74. The second kappa shape index (κ2) is 6.74. The van der Waals surface area contributed by atoms with Crippen molar-refractivity contribution in [2.45, 2.75) is 89.5 Å². The Balaban J connectivity index is 1.71. The van der Waals surface area contributed by atoms with Crippen molar-refractivity contribution in [3.8, 4) is 0 Å². The minimum absolute atomic E-state index is 0.254.